The molecule has 0 radical (unpaired) electrons. The van der Waals surface area contributed by atoms with E-state index in [0.29, 0.717) is 65.0 Å². The molecule has 1 aromatic heterocycles. The topological polar surface area (TPSA) is 146 Å². The Morgan fingerprint density at radius 1 is 0.944 bits per heavy atom. The van der Waals surface area contributed by atoms with Crippen molar-refractivity contribution in [3.63, 3.8) is 0 Å². The van der Waals surface area contributed by atoms with E-state index in [1.165, 1.54) is 12.3 Å². The molecule has 12 nitrogen and oxygen atoms in total. The van der Waals surface area contributed by atoms with E-state index in [1.807, 2.05) is 0 Å². The Bertz CT molecular complexity index is 720. The van der Waals surface area contributed by atoms with Crippen molar-refractivity contribution in [2.75, 3.05) is 79.7 Å². The predicted molar refractivity (Wildman–Crippen MR) is 128 cm³/mol. The minimum atomic E-state index is -1.70. The molecule has 0 bridgehead atoms. The Labute approximate surface area is 212 Å². The molecule has 12 heteroatoms. The molecule has 0 aliphatic carbocycles. The predicted octanol–water partition coefficient (Wildman–Crippen LogP) is 0.702. The summed E-state index contributed by atoms with van der Waals surface area (Å²) in [7, 11) is 1.61. The van der Waals surface area contributed by atoms with Gasteiger partial charge in [-0.25, -0.2) is 0 Å². The number of hydrogen-bond acceptors (Lipinski definition) is 11. The first-order valence-corrected chi connectivity index (χ1v) is 12.1. The summed E-state index contributed by atoms with van der Waals surface area (Å²) in [6.07, 6.45) is 0.553. The van der Waals surface area contributed by atoms with Gasteiger partial charge in [0.1, 0.15) is 12.4 Å². The average Bonchev–Trinajstić information content (AvgIpc) is 2.86. The van der Waals surface area contributed by atoms with Crippen molar-refractivity contribution >= 4 is 11.9 Å². The fourth-order valence-electron chi connectivity index (χ4n) is 2.94. The van der Waals surface area contributed by atoms with Crippen molar-refractivity contribution in [2.45, 2.75) is 32.5 Å². The smallest absolute Gasteiger partial charge is 0.305 e. The number of nitrogens with zero attached hydrogens (tertiary/aromatic N) is 2. The van der Waals surface area contributed by atoms with Crippen molar-refractivity contribution in [3.8, 4) is 5.75 Å². The van der Waals surface area contributed by atoms with Crippen LogP contribution in [0.1, 0.15) is 38.2 Å². The molecule has 0 aliphatic heterocycles. The van der Waals surface area contributed by atoms with Crippen molar-refractivity contribution < 1.29 is 48.2 Å². The highest BCUT2D eigenvalue weighted by molar-refractivity contribution is 5.76. The molecule has 0 atom stereocenters. The monoisotopic (exact) mass is 516 g/mol. The van der Waals surface area contributed by atoms with Crippen LogP contribution in [0.4, 0.5) is 0 Å². The maximum absolute atomic E-state index is 12.7. The van der Waals surface area contributed by atoms with Gasteiger partial charge in [0, 0.05) is 32.3 Å². The van der Waals surface area contributed by atoms with Crippen molar-refractivity contribution in [1.82, 2.24) is 9.88 Å². The Kier molecular flexibility index (Phi) is 18.3. The minimum absolute atomic E-state index is 0.0645. The van der Waals surface area contributed by atoms with Gasteiger partial charge in [0.2, 0.25) is 5.91 Å². The number of carbonyl (C=O) groups excluding carboxylic acids is 2. The van der Waals surface area contributed by atoms with E-state index in [4.69, 9.17) is 28.4 Å². The van der Waals surface area contributed by atoms with E-state index in [-0.39, 0.29) is 50.2 Å². The highest BCUT2D eigenvalue weighted by atomic mass is 16.6. The first kappa shape index (κ1) is 31.7. The van der Waals surface area contributed by atoms with Crippen LogP contribution in [0.15, 0.2) is 18.3 Å². The van der Waals surface area contributed by atoms with Crippen LogP contribution in [-0.4, -0.2) is 112 Å². The molecule has 0 aliphatic rings. The maximum atomic E-state index is 12.7. The van der Waals surface area contributed by atoms with Crippen LogP contribution in [0.2, 0.25) is 0 Å². The molecule has 1 rings (SSSR count). The number of methoxy groups -OCH3 is 1. The quantitative estimate of drug-likeness (QED) is 0.128. The van der Waals surface area contributed by atoms with E-state index >= 15 is 0 Å². The summed E-state index contributed by atoms with van der Waals surface area (Å²) in [5.74, 6) is -0.0315. The molecule has 1 amide bonds. The average molecular weight is 517 g/mol. The molecule has 36 heavy (non-hydrogen) atoms. The highest BCUT2D eigenvalue weighted by Gasteiger charge is 2.15. The van der Waals surface area contributed by atoms with Crippen LogP contribution in [0, 0.1) is 0 Å². The summed E-state index contributed by atoms with van der Waals surface area (Å²) in [5.41, 5.74) is 0.0645. The molecule has 1 aromatic rings. The number of aliphatic hydroxyl groups excluding tert-OH is 1. The van der Waals surface area contributed by atoms with E-state index in [2.05, 4.69) is 4.98 Å². The van der Waals surface area contributed by atoms with Gasteiger partial charge < -0.3 is 43.5 Å². The van der Waals surface area contributed by atoms with Crippen LogP contribution in [-0.2, 0) is 33.3 Å². The number of aromatic nitrogens is 1. The lowest BCUT2D eigenvalue weighted by Gasteiger charge is -2.23. The number of aliphatic hydroxyl groups is 2. The lowest BCUT2D eigenvalue weighted by molar-refractivity contribution is -0.144. The molecular formula is C24H40N2O10. The van der Waals surface area contributed by atoms with Crippen LogP contribution < -0.4 is 4.74 Å². The molecule has 0 saturated heterocycles. The molecule has 0 fully saturated rings. The molecule has 0 unspecified atom stereocenters. The van der Waals surface area contributed by atoms with Gasteiger partial charge in [-0.3, -0.25) is 14.6 Å². The fraction of sp³-hybridized carbons (Fsp3) is 0.708. The second-order valence-electron chi connectivity index (χ2n) is 7.51. The second kappa shape index (κ2) is 20.8. The molecular weight excluding hydrogens is 476 g/mol. The summed E-state index contributed by atoms with van der Waals surface area (Å²) in [4.78, 5) is 29.8. The first-order chi connectivity index (χ1) is 17.5. The Hall–Kier alpha value is -2.35. The van der Waals surface area contributed by atoms with Crippen molar-refractivity contribution in [3.05, 3.63) is 24.0 Å². The third kappa shape index (κ3) is 15.6. The molecule has 0 saturated carbocycles. The van der Waals surface area contributed by atoms with Gasteiger partial charge >= 0.3 is 5.97 Å². The lowest BCUT2D eigenvalue weighted by Crippen LogP contribution is -2.36. The maximum Gasteiger partial charge on any atom is 0.305 e. The van der Waals surface area contributed by atoms with Gasteiger partial charge in [0.15, 0.2) is 6.29 Å². The highest BCUT2D eigenvalue weighted by Crippen LogP contribution is 2.15. The Morgan fingerprint density at radius 2 is 1.61 bits per heavy atom. The number of hydrogen-bond donors (Lipinski definition) is 2. The minimum Gasteiger partial charge on any atom is -0.492 e. The van der Waals surface area contributed by atoms with Crippen LogP contribution >= 0.6 is 0 Å². The number of esters is 1. The normalized spacial score (nSPS) is 11.0. The van der Waals surface area contributed by atoms with Crippen molar-refractivity contribution in [2.24, 2.45) is 0 Å². The van der Waals surface area contributed by atoms with E-state index in [1.54, 1.807) is 25.0 Å². The number of pyridine rings is 1. The van der Waals surface area contributed by atoms with Crippen molar-refractivity contribution in [1.29, 1.82) is 0 Å². The number of carbonyl (C=O) groups is 2. The zero-order chi connectivity index (χ0) is 26.4. The third-order valence-corrected chi connectivity index (χ3v) is 4.75. The standard InChI is InChI=1S/C24H40N2O10/c1-3-35-23(28)5-4-9-26(10-12-36-20-6-8-25-21(19-20)24(29)30)22(27)7-11-32-15-16-34-18-17-33-14-13-31-2/h6,8,19,24,29-30H,3-5,7,9-18H2,1-2H3. The fourth-order valence-corrected chi connectivity index (χ4v) is 2.94. The largest absolute Gasteiger partial charge is 0.492 e. The van der Waals surface area contributed by atoms with Gasteiger partial charge in [-0.15, -0.1) is 0 Å². The SMILES string of the molecule is CCOC(=O)CCCN(CCOc1ccnc(C(O)O)c1)C(=O)CCOCCOCCOCCOC. The van der Waals surface area contributed by atoms with E-state index in [0.717, 1.165) is 0 Å². The van der Waals surface area contributed by atoms with Gasteiger partial charge in [-0.05, 0) is 19.4 Å². The summed E-state index contributed by atoms with van der Waals surface area (Å²) in [5, 5.41) is 18.5. The molecule has 0 spiro atoms. The molecule has 2 N–H and O–H groups in total. The second-order valence-corrected chi connectivity index (χ2v) is 7.51. The van der Waals surface area contributed by atoms with Gasteiger partial charge in [0.25, 0.3) is 0 Å². The van der Waals surface area contributed by atoms with E-state index in [9.17, 15) is 19.8 Å². The van der Waals surface area contributed by atoms with Gasteiger partial charge in [-0.2, -0.15) is 0 Å². The Balaban J connectivity index is 2.37. The summed E-state index contributed by atoms with van der Waals surface area (Å²) in [6.45, 7) is 5.88. The van der Waals surface area contributed by atoms with Gasteiger partial charge in [0.05, 0.1) is 71.5 Å². The third-order valence-electron chi connectivity index (χ3n) is 4.75. The molecule has 206 valence electrons. The Morgan fingerprint density at radius 3 is 2.25 bits per heavy atom. The van der Waals surface area contributed by atoms with Crippen LogP contribution in [0.25, 0.3) is 0 Å². The number of ether oxygens (including phenoxy) is 6. The zero-order valence-electron chi connectivity index (χ0n) is 21.3. The zero-order valence-corrected chi connectivity index (χ0v) is 21.3. The summed E-state index contributed by atoms with van der Waals surface area (Å²) in [6, 6.07) is 3.00. The van der Waals surface area contributed by atoms with Crippen LogP contribution in [0.3, 0.4) is 0 Å². The summed E-state index contributed by atoms with van der Waals surface area (Å²) < 4.78 is 31.6. The van der Waals surface area contributed by atoms with Crippen LogP contribution in [0.5, 0.6) is 5.75 Å². The molecule has 1 heterocycles. The first-order valence-electron chi connectivity index (χ1n) is 12.1. The number of rotatable bonds is 22. The van der Waals surface area contributed by atoms with E-state index < -0.39 is 6.29 Å². The van der Waals surface area contributed by atoms with Gasteiger partial charge in [-0.1, -0.05) is 0 Å². The molecule has 0 aromatic carbocycles. The summed E-state index contributed by atoms with van der Waals surface area (Å²) >= 11 is 0. The number of amides is 1. The lowest BCUT2D eigenvalue weighted by atomic mass is 10.2.